The lowest BCUT2D eigenvalue weighted by Gasteiger charge is -2.29. The van der Waals surface area contributed by atoms with Gasteiger partial charge >= 0.3 is 0 Å². The number of hydrogen-bond acceptors (Lipinski definition) is 7. The number of rotatable bonds is 6. The summed E-state index contributed by atoms with van der Waals surface area (Å²) in [6.45, 7) is 4.95. The van der Waals surface area contributed by atoms with E-state index in [1.165, 1.54) is 5.48 Å². The first-order valence-electron chi connectivity index (χ1n) is 11.1. The summed E-state index contributed by atoms with van der Waals surface area (Å²) in [6, 6.07) is 13.3. The smallest absolute Gasteiger partial charge is 0.267 e. The maximum atomic E-state index is 12.5. The van der Waals surface area contributed by atoms with Crippen LogP contribution < -0.4 is 16.5 Å². The second kappa shape index (κ2) is 11.0. The third-order valence-electron chi connectivity index (χ3n) is 5.69. The summed E-state index contributed by atoms with van der Waals surface area (Å²) in [5, 5.41) is 11.4. The zero-order chi connectivity index (χ0) is 25.6. The molecule has 0 aliphatic carbocycles. The lowest BCUT2D eigenvalue weighted by atomic mass is 9.95. The van der Waals surface area contributed by atoms with E-state index in [2.05, 4.69) is 22.1 Å². The minimum Gasteiger partial charge on any atom is -0.338 e. The molecule has 2 aromatic carbocycles. The SMILES string of the molecule is CC(C)(N)C(NC(=O)c1ccc(C#Cc2ccc(CN3CCS(=O)(=O)CC3)cc2)cc1)C(=O)NO. The quantitative estimate of drug-likeness (QED) is 0.260. The minimum atomic E-state index is -2.88. The fourth-order valence-electron chi connectivity index (χ4n) is 3.58. The van der Waals surface area contributed by atoms with Crippen molar-refractivity contribution in [3.63, 3.8) is 0 Å². The Morgan fingerprint density at radius 3 is 2.03 bits per heavy atom. The number of benzene rings is 2. The van der Waals surface area contributed by atoms with E-state index in [0.717, 1.165) is 11.1 Å². The molecule has 0 spiro atoms. The van der Waals surface area contributed by atoms with Crippen LogP contribution in [0.5, 0.6) is 0 Å². The van der Waals surface area contributed by atoms with Crippen molar-refractivity contribution in [2.75, 3.05) is 24.6 Å². The largest absolute Gasteiger partial charge is 0.338 e. The van der Waals surface area contributed by atoms with Gasteiger partial charge in [0, 0.05) is 41.9 Å². The van der Waals surface area contributed by atoms with Gasteiger partial charge in [-0.2, -0.15) is 0 Å². The Morgan fingerprint density at radius 2 is 1.54 bits per heavy atom. The maximum absolute atomic E-state index is 12.5. The summed E-state index contributed by atoms with van der Waals surface area (Å²) >= 11 is 0. The van der Waals surface area contributed by atoms with Gasteiger partial charge in [-0.15, -0.1) is 0 Å². The van der Waals surface area contributed by atoms with Gasteiger partial charge < -0.3 is 11.1 Å². The molecule has 1 atom stereocenters. The molecule has 1 saturated heterocycles. The van der Waals surface area contributed by atoms with E-state index in [-0.39, 0.29) is 11.5 Å². The Bertz CT molecular complexity index is 1210. The van der Waals surface area contributed by atoms with Gasteiger partial charge in [-0.05, 0) is 55.8 Å². The van der Waals surface area contributed by atoms with Crippen LogP contribution in [0.2, 0.25) is 0 Å². The van der Waals surface area contributed by atoms with Crippen molar-refractivity contribution in [3.8, 4) is 11.8 Å². The molecule has 0 aromatic heterocycles. The Balaban J connectivity index is 1.59. The van der Waals surface area contributed by atoms with Crippen molar-refractivity contribution in [3.05, 3.63) is 70.8 Å². The summed E-state index contributed by atoms with van der Waals surface area (Å²) in [6.07, 6.45) is 0. The molecule has 5 N–H and O–H groups in total. The number of carbonyl (C=O) groups is 2. The zero-order valence-electron chi connectivity index (χ0n) is 19.7. The number of amides is 2. The highest BCUT2D eigenvalue weighted by Crippen LogP contribution is 2.12. The number of hydrogen-bond donors (Lipinski definition) is 4. The van der Waals surface area contributed by atoms with Crippen molar-refractivity contribution in [2.24, 2.45) is 5.73 Å². The molecule has 10 heteroatoms. The van der Waals surface area contributed by atoms with Crippen LogP contribution in [0, 0.1) is 11.8 Å². The van der Waals surface area contributed by atoms with E-state index < -0.39 is 33.2 Å². The number of hydroxylamine groups is 1. The molecular formula is C25H30N4O5S. The van der Waals surface area contributed by atoms with Gasteiger partial charge in [0.15, 0.2) is 9.84 Å². The van der Waals surface area contributed by atoms with Crippen molar-refractivity contribution in [2.45, 2.75) is 32.0 Å². The predicted molar refractivity (Wildman–Crippen MR) is 132 cm³/mol. The molecule has 0 saturated carbocycles. The first kappa shape index (κ1) is 26.4. The lowest BCUT2D eigenvalue weighted by Crippen LogP contribution is -2.61. The summed E-state index contributed by atoms with van der Waals surface area (Å²) in [4.78, 5) is 26.5. The molecule has 186 valence electrons. The van der Waals surface area contributed by atoms with Gasteiger partial charge in [-0.25, -0.2) is 13.9 Å². The fourth-order valence-corrected chi connectivity index (χ4v) is 4.85. The van der Waals surface area contributed by atoms with Gasteiger partial charge in [-0.1, -0.05) is 24.0 Å². The molecule has 1 fully saturated rings. The highest BCUT2D eigenvalue weighted by atomic mass is 32.2. The number of sulfone groups is 1. The highest BCUT2D eigenvalue weighted by Gasteiger charge is 2.33. The highest BCUT2D eigenvalue weighted by molar-refractivity contribution is 7.91. The first-order valence-corrected chi connectivity index (χ1v) is 13.0. The van der Waals surface area contributed by atoms with Crippen LogP contribution in [0.1, 0.15) is 40.9 Å². The molecule has 3 rings (SSSR count). The summed E-state index contributed by atoms with van der Waals surface area (Å²) in [7, 11) is -2.88. The van der Waals surface area contributed by atoms with Gasteiger partial charge in [0.1, 0.15) is 6.04 Å². The first-order chi connectivity index (χ1) is 16.5. The summed E-state index contributed by atoms with van der Waals surface area (Å²) < 4.78 is 23.1. The van der Waals surface area contributed by atoms with Crippen LogP contribution in [-0.2, 0) is 21.2 Å². The number of carbonyl (C=O) groups excluding carboxylic acids is 2. The lowest BCUT2D eigenvalue weighted by molar-refractivity contribution is -0.132. The number of nitrogens with one attached hydrogen (secondary N) is 2. The Hall–Kier alpha value is -3.23. The predicted octanol–water partition coefficient (Wildman–Crippen LogP) is 0.658. The van der Waals surface area contributed by atoms with Crippen LogP contribution >= 0.6 is 0 Å². The normalized spacial score (nSPS) is 16.5. The standard InChI is InChI=1S/C25H30N4O5S/c1-25(2,26)22(24(31)28-32)27-23(30)21-11-9-19(10-12-21)4-3-18-5-7-20(8-6-18)17-29-13-15-35(33,34)16-14-29/h5-12,22,32H,13-17,26H2,1-2H3,(H,27,30)(H,28,31). The van der Waals surface area contributed by atoms with Crippen molar-refractivity contribution in [1.29, 1.82) is 0 Å². The molecular weight excluding hydrogens is 468 g/mol. The molecule has 0 radical (unpaired) electrons. The van der Waals surface area contributed by atoms with E-state index in [1.807, 2.05) is 24.3 Å². The molecule has 1 heterocycles. The van der Waals surface area contributed by atoms with E-state index >= 15 is 0 Å². The topological polar surface area (TPSA) is 142 Å². The van der Waals surface area contributed by atoms with Crippen LogP contribution in [0.4, 0.5) is 0 Å². The summed E-state index contributed by atoms with van der Waals surface area (Å²) in [5.41, 5.74) is 9.34. The number of nitrogens with zero attached hydrogens (tertiary/aromatic N) is 1. The second-order valence-electron chi connectivity index (χ2n) is 9.16. The van der Waals surface area contributed by atoms with E-state index in [0.29, 0.717) is 30.8 Å². The van der Waals surface area contributed by atoms with E-state index in [4.69, 9.17) is 10.9 Å². The third-order valence-corrected chi connectivity index (χ3v) is 7.30. The van der Waals surface area contributed by atoms with Crippen LogP contribution in [0.3, 0.4) is 0 Å². The maximum Gasteiger partial charge on any atom is 0.267 e. The Kier molecular flexibility index (Phi) is 8.30. The van der Waals surface area contributed by atoms with Crippen LogP contribution in [-0.4, -0.2) is 66.5 Å². The second-order valence-corrected chi connectivity index (χ2v) is 11.5. The molecule has 2 amide bonds. The Morgan fingerprint density at radius 1 is 1.03 bits per heavy atom. The van der Waals surface area contributed by atoms with Gasteiger partial charge in [0.25, 0.3) is 11.8 Å². The van der Waals surface area contributed by atoms with E-state index in [1.54, 1.807) is 38.1 Å². The molecule has 2 aromatic rings. The minimum absolute atomic E-state index is 0.209. The fraction of sp³-hybridized carbons (Fsp3) is 0.360. The Labute approximate surface area is 205 Å². The zero-order valence-corrected chi connectivity index (χ0v) is 20.6. The average molecular weight is 499 g/mol. The molecule has 9 nitrogen and oxygen atoms in total. The van der Waals surface area contributed by atoms with Crippen molar-refractivity contribution < 1.29 is 23.2 Å². The van der Waals surface area contributed by atoms with Gasteiger partial charge in [0.05, 0.1) is 11.5 Å². The van der Waals surface area contributed by atoms with Gasteiger partial charge in [0.2, 0.25) is 0 Å². The van der Waals surface area contributed by atoms with Crippen LogP contribution in [0.25, 0.3) is 0 Å². The summed E-state index contributed by atoms with van der Waals surface area (Å²) in [5.74, 6) is 5.25. The van der Waals surface area contributed by atoms with Crippen molar-refractivity contribution >= 4 is 21.7 Å². The van der Waals surface area contributed by atoms with E-state index in [9.17, 15) is 18.0 Å². The van der Waals surface area contributed by atoms with Gasteiger partial charge in [-0.3, -0.25) is 19.7 Å². The average Bonchev–Trinajstić information content (AvgIpc) is 2.82. The molecule has 0 bridgehead atoms. The molecule has 1 unspecified atom stereocenters. The molecule has 1 aliphatic heterocycles. The molecule has 1 aliphatic rings. The van der Waals surface area contributed by atoms with Crippen LogP contribution in [0.15, 0.2) is 48.5 Å². The molecule has 35 heavy (non-hydrogen) atoms. The third kappa shape index (κ3) is 7.63. The van der Waals surface area contributed by atoms with Crippen molar-refractivity contribution in [1.82, 2.24) is 15.7 Å². The monoisotopic (exact) mass is 498 g/mol. The number of nitrogens with two attached hydrogens (primary N) is 1.